The third kappa shape index (κ3) is 3.14. The molecule has 0 fully saturated rings. The van der Waals surface area contributed by atoms with E-state index in [4.69, 9.17) is 21.1 Å². The molecule has 0 aliphatic carbocycles. The van der Waals surface area contributed by atoms with Crippen molar-refractivity contribution < 1.29 is 19.1 Å². The van der Waals surface area contributed by atoms with E-state index in [9.17, 15) is 9.59 Å². The van der Waals surface area contributed by atoms with E-state index >= 15 is 0 Å². The zero-order valence-electron chi connectivity index (χ0n) is 11.7. The minimum absolute atomic E-state index is 0.240. The van der Waals surface area contributed by atoms with Crippen LogP contribution in [0.1, 0.15) is 16.1 Å². The number of esters is 1. The summed E-state index contributed by atoms with van der Waals surface area (Å²) in [6.45, 7) is -0.0393. The molecule has 1 N–H and O–H groups in total. The van der Waals surface area contributed by atoms with Crippen molar-refractivity contribution in [2.45, 2.75) is 6.42 Å². The maximum Gasteiger partial charge on any atom is 0.313 e. The number of aromatic amines is 1. The largest absolute Gasteiger partial charge is 0.492 e. The molecule has 0 saturated heterocycles. The molecule has 5 nitrogen and oxygen atoms in total. The molecule has 0 radical (unpaired) electrons. The molecule has 0 spiro atoms. The van der Waals surface area contributed by atoms with E-state index in [1.54, 1.807) is 36.5 Å². The number of nitrogens with one attached hydrogen (secondary N) is 1. The highest BCUT2D eigenvalue weighted by molar-refractivity contribution is 6.30. The highest BCUT2D eigenvalue weighted by atomic mass is 35.5. The number of carbonyl (C=O) groups excluding carboxylic acids is 2. The second-order valence-electron chi connectivity index (χ2n) is 5.08. The summed E-state index contributed by atoms with van der Waals surface area (Å²) in [5.74, 6) is -0.401. The average molecular weight is 320 g/mol. The lowest BCUT2D eigenvalue weighted by Crippen LogP contribution is -2.31. The van der Waals surface area contributed by atoms with Crippen molar-refractivity contribution in [1.29, 1.82) is 0 Å². The standard InChI is InChI=1S/C16H14ClNO4/c17-12-3-4-15-10(7-12)6-11(8-21-15)16(20)22-9-14(19)13-2-1-5-18-13/h1-5,7,11,18H,6,8-9H2. The number of hydrogen-bond donors (Lipinski definition) is 1. The molecule has 3 rings (SSSR count). The quantitative estimate of drug-likeness (QED) is 0.695. The number of Topliss-reactive ketones (excluding diaryl/α,β-unsaturated/α-hetero) is 1. The Labute approximate surface area is 132 Å². The minimum atomic E-state index is -0.439. The van der Waals surface area contributed by atoms with E-state index in [2.05, 4.69) is 4.98 Å². The van der Waals surface area contributed by atoms with Crippen LogP contribution in [-0.2, 0) is 16.0 Å². The molecule has 0 amide bonds. The van der Waals surface area contributed by atoms with E-state index in [1.807, 2.05) is 0 Å². The number of fused-ring (bicyclic) bond motifs is 1. The van der Waals surface area contributed by atoms with E-state index in [0.717, 1.165) is 11.3 Å². The van der Waals surface area contributed by atoms with Crippen LogP contribution in [0, 0.1) is 5.92 Å². The second-order valence-corrected chi connectivity index (χ2v) is 5.52. The molecule has 0 saturated carbocycles. The minimum Gasteiger partial charge on any atom is -0.492 e. The van der Waals surface area contributed by atoms with Crippen LogP contribution in [0.15, 0.2) is 36.5 Å². The van der Waals surface area contributed by atoms with Crippen molar-refractivity contribution in [3.8, 4) is 5.75 Å². The molecule has 0 bridgehead atoms. The molecule has 2 aromatic rings. The molecule has 2 heterocycles. The lowest BCUT2D eigenvalue weighted by Gasteiger charge is -2.24. The van der Waals surface area contributed by atoms with Crippen LogP contribution >= 0.6 is 11.6 Å². The van der Waals surface area contributed by atoms with Crippen molar-refractivity contribution in [2.75, 3.05) is 13.2 Å². The maximum absolute atomic E-state index is 12.1. The molecular formula is C16H14ClNO4. The average Bonchev–Trinajstić information content (AvgIpc) is 3.06. The lowest BCUT2D eigenvalue weighted by molar-refractivity contribution is -0.148. The maximum atomic E-state index is 12.1. The van der Waals surface area contributed by atoms with Crippen molar-refractivity contribution in [3.05, 3.63) is 52.8 Å². The molecule has 114 valence electrons. The van der Waals surface area contributed by atoms with Gasteiger partial charge in [-0.2, -0.15) is 0 Å². The Morgan fingerprint density at radius 2 is 2.23 bits per heavy atom. The summed E-state index contributed by atoms with van der Waals surface area (Å²) in [7, 11) is 0. The summed E-state index contributed by atoms with van der Waals surface area (Å²) >= 11 is 5.94. The molecule has 1 atom stereocenters. The first kappa shape index (κ1) is 14.7. The number of halogens is 1. The summed E-state index contributed by atoms with van der Waals surface area (Å²) in [6, 6.07) is 8.66. The van der Waals surface area contributed by atoms with Gasteiger partial charge in [0, 0.05) is 11.2 Å². The van der Waals surface area contributed by atoms with Crippen LogP contribution in [0.2, 0.25) is 5.02 Å². The highest BCUT2D eigenvalue weighted by Gasteiger charge is 2.28. The summed E-state index contributed by atoms with van der Waals surface area (Å²) in [6.07, 6.45) is 2.14. The Balaban J connectivity index is 1.58. The second kappa shape index (κ2) is 6.23. The Hall–Kier alpha value is -2.27. The molecular weight excluding hydrogens is 306 g/mol. The van der Waals surface area contributed by atoms with Gasteiger partial charge in [0.1, 0.15) is 12.4 Å². The smallest absolute Gasteiger partial charge is 0.313 e. The first-order valence-electron chi connectivity index (χ1n) is 6.88. The van der Waals surface area contributed by atoms with Gasteiger partial charge >= 0.3 is 5.97 Å². The van der Waals surface area contributed by atoms with Gasteiger partial charge in [0.2, 0.25) is 5.78 Å². The fraction of sp³-hybridized carbons (Fsp3) is 0.250. The van der Waals surface area contributed by atoms with Crippen LogP contribution in [0.4, 0.5) is 0 Å². The SMILES string of the molecule is O=C(COC(=O)C1COc2ccc(Cl)cc2C1)c1ccc[nH]1. The summed E-state index contributed by atoms with van der Waals surface area (Å²) in [5, 5.41) is 0.596. The fourth-order valence-electron chi connectivity index (χ4n) is 2.35. The van der Waals surface area contributed by atoms with Crippen LogP contribution in [0.5, 0.6) is 5.75 Å². The Morgan fingerprint density at radius 3 is 3.00 bits per heavy atom. The third-order valence-corrected chi connectivity index (χ3v) is 3.74. The number of H-pyrrole nitrogens is 1. The molecule has 1 aromatic heterocycles. The number of benzene rings is 1. The fourth-order valence-corrected chi connectivity index (χ4v) is 2.55. The molecule has 1 unspecified atom stereocenters. The monoisotopic (exact) mass is 319 g/mol. The number of ketones is 1. The number of aromatic nitrogens is 1. The molecule has 1 aliphatic rings. The molecule has 6 heteroatoms. The summed E-state index contributed by atoms with van der Waals surface area (Å²) in [5.41, 5.74) is 1.29. The third-order valence-electron chi connectivity index (χ3n) is 3.51. The first-order valence-corrected chi connectivity index (χ1v) is 7.26. The van der Waals surface area contributed by atoms with Crippen molar-refractivity contribution in [2.24, 2.45) is 5.92 Å². The number of ether oxygens (including phenoxy) is 2. The van der Waals surface area contributed by atoms with Gasteiger partial charge in [-0.3, -0.25) is 9.59 Å². The van der Waals surface area contributed by atoms with Crippen LogP contribution < -0.4 is 4.74 Å². The van der Waals surface area contributed by atoms with E-state index in [0.29, 0.717) is 17.1 Å². The van der Waals surface area contributed by atoms with Crippen molar-refractivity contribution in [1.82, 2.24) is 4.98 Å². The molecule has 22 heavy (non-hydrogen) atoms. The van der Waals surface area contributed by atoms with E-state index < -0.39 is 11.9 Å². The predicted octanol–water partition coefficient (Wildman–Crippen LogP) is 2.65. The van der Waals surface area contributed by atoms with Crippen molar-refractivity contribution >= 4 is 23.4 Å². The first-order chi connectivity index (χ1) is 10.6. The van der Waals surface area contributed by atoms with Gasteiger partial charge in [-0.25, -0.2) is 0 Å². The predicted molar refractivity (Wildman–Crippen MR) is 80.2 cm³/mol. The zero-order valence-corrected chi connectivity index (χ0v) is 12.4. The number of carbonyl (C=O) groups is 2. The van der Waals surface area contributed by atoms with Gasteiger partial charge in [-0.15, -0.1) is 0 Å². The van der Waals surface area contributed by atoms with Gasteiger partial charge in [-0.1, -0.05) is 11.6 Å². The van der Waals surface area contributed by atoms with Crippen LogP contribution in [0.3, 0.4) is 0 Å². The number of rotatable bonds is 4. The van der Waals surface area contributed by atoms with Gasteiger partial charge < -0.3 is 14.5 Å². The molecule has 1 aliphatic heterocycles. The molecule has 1 aromatic carbocycles. The Kier molecular flexibility index (Phi) is 4.15. The van der Waals surface area contributed by atoms with Gasteiger partial charge in [-0.05, 0) is 42.3 Å². The number of hydrogen-bond acceptors (Lipinski definition) is 4. The Bertz CT molecular complexity index is 696. The van der Waals surface area contributed by atoms with Crippen LogP contribution in [0.25, 0.3) is 0 Å². The topological polar surface area (TPSA) is 68.4 Å². The summed E-state index contributed by atoms with van der Waals surface area (Å²) in [4.78, 5) is 26.6. The normalized spacial score (nSPS) is 16.5. The Morgan fingerprint density at radius 1 is 1.36 bits per heavy atom. The van der Waals surface area contributed by atoms with E-state index in [-0.39, 0.29) is 19.0 Å². The lowest BCUT2D eigenvalue weighted by atomic mass is 9.97. The van der Waals surface area contributed by atoms with Crippen LogP contribution in [-0.4, -0.2) is 30.0 Å². The summed E-state index contributed by atoms with van der Waals surface area (Å²) < 4.78 is 10.6. The van der Waals surface area contributed by atoms with Gasteiger partial charge in [0.05, 0.1) is 11.6 Å². The zero-order chi connectivity index (χ0) is 15.5. The highest BCUT2D eigenvalue weighted by Crippen LogP contribution is 2.30. The van der Waals surface area contributed by atoms with Gasteiger partial charge in [0.25, 0.3) is 0 Å². The van der Waals surface area contributed by atoms with Crippen molar-refractivity contribution in [3.63, 3.8) is 0 Å². The van der Waals surface area contributed by atoms with E-state index in [1.165, 1.54) is 0 Å². The van der Waals surface area contributed by atoms with Gasteiger partial charge in [0.15, 0.2) is 6.61 Å².